The van der Waals surface area contributed by atoms with E-state index in [1.165, 1.54) is 24.5 Å². The van der Waals surface area contributed by atoms with Gasteiger partial charge in [0.15, 0.2) is 0 Å². The van der Waals surface area contributed by atoms with E-state index in [9.17, 15) is 22.8 Å². The number of hydrogen-bond acceptors (Lipinski definition) is 6. The van der Waals surface area contributed by atoms with Crippen LogP contribution in [0.4, 0.5) is 19.0 Å². The summed E-state index contributed by atoms with van der Waals surface area (Å²) < 4.78 is 47.5. The van der Waals surface area contributed by atoms with Gasteiger partial charge >= 0.3 is 6.18 Å². The molecule has 3 aromatic rings. The predicted molar refractivity (Wildman–Crippen MR) is 133 cm³/mol. The number of hydrogen-bond donors (Lipinski definition) is 1. The molecule has 0 unspecified atom stereocenters. The normalized spacial score (nSPS) is 15.7. The number of benzene rings is 1. The molecule has 0 atom stereocenters. The number of pyridine rings is 1. The van der Waals surface area contributed by atoms with Gasteiger partial charge < -0.3 is 15.0 Å². The lowest BCUT2D eigenvalue weighted by molar-refractivity contribution is -0.138. The predicted octanol–water partition coefficient (Wildman–Crippen LogP) is 4.06. The lowest BCUT2D eigenvalue weighted by Gasteiger charge is -2.40. The van der Waals surface area contributed by atoms with Crippen LogP contribution in [-0.4, -0.2) is 45.5 Å². The number of piperidine rings is 1. The third-order valence-electron chi connectivity index (χ3n) is 7.27. The van der Waals surface area contributed by atoms with Crippen molar-refractivity contribution in [3.63, 3.8) is 0 Å². The quantitative estimate of drug-likeness (QED) is 0.549. The molecule has 0 bridgehead atoms. The molecule has 1 saturated heterocycles. The number of aromatic nitrogens is 3. The Bertz CT molecular complexity index is 1410. The highest BCUT2D eigenvalue weighted by molar-refractivity contribution is 5.87. The van der Waals surface area contributed by atoms with Gasteiger partial charge in [-0.15, -0.1) is 0 Å². The number of carbonyl (C=O) groups is 1. The van der Waals surface area contributed by atoms with E-state index >= 15 is 0 Å². The average Bonchev–Trinajstić information content (AvgIpc) is 2.85. The number of amides is 1. The Hall–Kier alpha value is -3.47. The Morgan fingerprint density at radius 1 is 1.19 bits per heavy atom. The van der Waals surface area contributed by atoms with Crippen molar-refractivity contribution in [2.75, 3.05) is 25.5 Å². The van der Waals surface area contributed by atoms with Crippen LogP contribution in [0.2, 0.25) is 0 Å². The molecule has 0 saturated carbocycles. The minimum absolute atomic E-state index is 0.0311. The van der Waals surface area contributed by atoms with Crippen LogP contribution in [0.15, 0.2) is 29.1 Å². The summed E-state index contributed by atoms with van der Waals surface area (Å²) in [6, 6.07) is 5.80. The van der Waals surface area contributed by atoms with Crippen molar-refractivity contribution in [1.82, 2.24) is 19.4 Å². The van der Waals surface area contributed by atoms with E-state index in [1.54, 1.807) is 38.1 Å². The fourth-order valence-corrected chi connectivity index (χ4v) is 5.03. The van der Waals surface area contributed by atoms with Gasteiger partial charge in [-0.2, -0.15) is 13.2 Å². The molecular formula is C26H30F3N5O3. The number of halogens is 3. The molecule has 2 aromatic heterocycles. The molecule has 0 radical (unpaired) electrons. The number of rotatable bonds is 5. The maximum atomic E-state index is 13.5. The second-order valence-electron chi connectivity index (χ2n) is 9.42. The molecule has 1 N–H and O–H groups in total. The second kappa shape index (κ2) is 9.77. The van der Waals surface area contributed by atoms with Crippen molar-refractivity contribution in [1.29, 1.82) is 0 Å². The standard InChI is InChI=1S/C26H30F3N5O3/c1-15-18(7-6-8-20(15)26(27,28)29)14-30-22-19-13-21(24(36)33(4)23(19)32-16(2)31-22)25(37-5)9-11-34(12-10-25)17(3)35/h6-8,13H,9-12,14H2,1-5H3,(H,30,31,32). The molecule has 0 spiro atoms. The van der Waals surface area contributed by atoms with Crippen molar-refractivity contribution < 1.29 is 22.7 Å². The van der Waals surface area contributed by atoms with Gasteiger partial charge in [-0.25, -0.2) is 9.97 Å². The maximum Gasteiger partial charge on any atom is 0.416 e. The van der Waals surface area contributed by atoms with Crippen LogP contribution in [-0.2, 0) is 34.9 Å². The topological polar surface area (TPSA) is 89.3 Å². The first-order valence-corrected chi connectivity index (χ1v) is 12.0. The Kier molecular flexibility index (Phi) is 7.02. The molecule has 8 nitrogen and oxygen atoms in total. The van der Waals surface area contributed by atoms with Crippen molar-refractivity contribution in [2.24, 2.45) is 7.05 Å². The fraction of sp³-hybridized carbons (Fsp3) is 0.462. The minimum Gasteiger partial charge on any atom is -0.373 e. The monoisotopic (exact) mass is 517 g/mol. The lowest BCUT2D eigenvalue weighted by Crippen LogP contribution is -2.48. The van der Waals surface area contributed by atoms with Crippen LogP contribution in [0, 0.1) is 13.8 Å². The molecular weight excluding hydrogens is 487 g/mol. The molecule has 11 heteroatoms. The van der Waals surface area contributed by atoms with Gasteiger partial charge in [0.1, 0.15) is 22.9 Å². The Balaban J connectivity index is 1.77. The van der Waals surface area contributed by atoms with Crippen LogP contribution < -0.4 is 10.9 Å². The molecule has 37 heavy (non-hydrogen) atoms. The van der Waals surface area contributed by atoms with E-state index in [0.29, 0.717) is 59.7 Å². The molecule has 198 valence electrons. The maximum absolute atomic E-state index is 13.5. The highest BCUT2D eigenvalue weighted by atomic mass is 19.4. The SMILES string of the molecule is COC1(c2cc3c(NCc4cccc(C(F)(F)F)c4C)nc(C)nc3n(C)c2=O)CCN(C(C)=O)CC1. The Morgan fingerprint density at radius 2 is 1.86 bits per heavy atom. The van der Waals surface area contributed by atoms with E-state index < -0.39 is 17.3 Å². The zero-order valence-electron chi connectivity index (χ0n) is 21.5. The summed E-state index contributed by atoms with van der Waals surface area (Å²) in [5.41, 5.74) is -0.386. The second-order valence-corrected chi connectivity index (χ2v) is 9.42. The first kappa shape index (κ1) is 26.6. The summed E-state index contributed by atoms with van der Waals surface area (Å²) in [7, 11) is 3.17. The van der Waals surface area contributed by atoms with E-state index in [4.69, 9.17) is 4.74 Å². The van der Waals surface area contributed by atoms with Crippen LogP contribution in [0.25, 0.3) is 11.0 Å². The number of anilines is 1. The van der Waals surface area contributed by atoms with Crippen LogP contribution in [0.5, 0.6) is 0 Å². The van der Waals surface area contributed by atoms with Gasteiger partial charge in [0.05, 0.1) is 16.5 Å². The molecule has 1 aromatic carbocycles. The summed E-state index contributed by atoms with van der Waals surface area (Å²) >= 11 is 0. The molecule has 0 aliphatic carbocycles. The molecule has 1 amide bonds. The minimum atomic E-state index is -4.45. The highest BCUT2D eigenvalue weighted by Gasteiger charge is 2.40. The number of methoxy groups -OCH3 is 1. The zero-order chi connectivity index (χ0) is 27.1. The van der Waals surface area contributed by atoms with Crippen molar-refractivity contribution in [2.45, 2.75) is 51.9 Å². The third-order valence-corrected chi connectivity index (χ3v) is 7.27. The Labute approximate surface area is 212 Å². The molecule has 1 aliphatic rings. The average molecular weight is 518 g/mol. The van der Waals surface area contributed by atoms with Crippen LogP contribution >= 0.6 is 0 Å². The van der Waals surface area contributed by atoms with E-state index in [1.807, 2.05) is 0 Å². The zero-order valence-corrected chi connectivity index (χ0v) is 21.5. The van der Waals surface area contributed by atoms with Gasteiger partial charge in [0, 0.05) is 40.7 Å². The summed E-state index contributed by atoms with van der Waals surface area (Å²) in [6.45, 7) is 5.65. The largest absolute Gasteiger partial charge is 0.416 e. The van der Waals surface area contributed by atoms with Gasteiger partial charge in [-0.3, -0.25) is 14.2 Å². The van der Waals surface area contributed by atoms with Gasteiger partial charge in [0.2, 0.25) is 5.91 Å². The third kappa shape index (κ3) is 4.92. The fourth-order valence-electron chi connectivity index (χ4n) is 5.03. The number of carbonyl (C=O) groups excluding carboxylic acids is 1. The molecule has 1 fully saturated rings. The number of aryl methyl sites for hydroxylation is 2. The lowest BCUT2D eigenvalue weighted by atomic mass is 9.84. The number of nitrogens with one attached hydrogen (secondary N) is 1. The number of ether oxygens (including phenoxy) is 1. The summed E-state index contributed by atoms with van der Waals surface area (Å²) in [4.78, 5) is 36.0. The van der Waals surface area contributed by atoms with Crippen molar-refractivity contribution in [3.05, 3.63) is 62.7 Å². The number of alkyl halides is 3. The highest BCUT2D eigenvalue weighted by Crippen LogP contribution is 2.37. The first-order valence-electron chi connectivity index (χ1n) is 12.0. The number of fused-ring (bicyclic) bond motifs is 1. The smallest absolute Gasteiger partial charge is 0.373 e. The molecule has 1 aliphatic heterocycles. The summed E-state index contributed by atoms with van der Waals surface area (Å²) in [5.74, 6) is 0.787. The Morgan fingerprint density at radius 3 is 2.46 bits per heavy atom. The van der Waals surface area contributed by atoms with Gasteiger partial charge in [-0.1, -0.05) is 12.1 Å². The number of nitrogens with zero attached hydrogens (tertiary/aromatic N) is 4. The summed E-state index contributed by atoms with van der Waals surface area (Å²) in [5, 5.41) is 3.72. The van der Waals surface area contributed by atoms with E-state index in [0.717, 1.165) is 6.07 Å². The molecule has 4 rings (SSSR count). The van der Waals surface area contributed by atoms with Gasteiger partial charge in [-0.05, 0) is 49.9 Å². The summed E-state index contributed by atoms with van der Waals surface area (Å²) in [6.07, 6.45) is -3.55. The van der Waals surface area contributed by atoms with E-state index in [2.05, 4.69) is 15.3 Å². The van der Waals surface area contributed by atoms with E-state index in [-0.39, 0.29) is 23.6 Å². The first-order chi connectivity index (χ1) is 17.4. The van der Waals surface area contributed by atoms with Gasteiger partial charge in [0.25, 0.3) is 5.56 Å². The van der Waals surface area contributed by atoms with Crippen LogP contribution in [0.3, 0.4) is 0 Å². The van der Waals surface area contributed by atoms with Crippen molar-refractivity contribution >= 4 is 22.8 Å². The van der Waals surface area contributed by atoms with Crippen LogP contribution in [0.1, 0.15) is 47.8 Å². The molecule has 3 heterocycles. The van der Waals surface area contributed by atoms with Crippen molar-refractivity contribution in [3.8, 4) is 0 Å². The number of likely N-dealkylation sites (tertiary alicyclic amines) is 1.